The van der Waals surface area contributed by atoms with Crippen LogP contribution >= 0.6 is 11.5 Å². The average Bonchev–Trinajstić information content (AvgIpc) is 2.89. The fourth-order valence-corrected chi connectivity index (χ4v) is 2.97. The third kappa shape index (κ3) is 2.56. The molecule has 1 N–H and O–H groups in total. The molecular weight excluding hydrogens is 270 g/mol. The Bertz CT molecular complexity index is 747. The number of carbonyl (C=O) groups is 1. The highest BCUT2D eigenvalue weighted by molar-refractivity contribution is 7.13. The van der Waals surface area contributed by atoms with Crippen molar-refractivity contribution in [2.75, 3.05) is 0 Å². The predicted molar refractivity (Wildman–Crippen MR) is 81.0 cm³/mol. The van der Waals surface area contributed by atoms with E-state index in [1.807, 2.05) is 36.4 Å². The van der Waals surface area contributed by atoms with Gasteiger partial charge in [0.15, 0.2) is 0 Å². The predicted octanol–water partition coefficient (Wildman–Crippen LogP) is 3.98. The van der Waals surface area contributed by atoms with Crippen LogP contribution in [-0.4, -0.2) is 15.4 Å². The molecule has 0 unspecified atom stereocenters. The van der Waals surface area contributed by atoms with Crippen LogP contribution in [0, 0.1) is 0 Å². The lowest BCUT2D eigenvalue weighted by atomic mass is 10.0. The van der Waals surface area contributed by atoms with Gasteiger partial charge in [0.25, 0.3) is 0 Å². The maximum atomic E-state index is 10.6. The Kier molecular flexibility index (Phi) is 3.48. The van der Waals surface area contributed by atoms with Gasteiger partial charge in [-0.05, 0) is 29.6 Å². The van der Waals surface area contributed by atoms with Crippen LogP contribution in [-0.2, 0) is 11.2 Å². The number of carboxylic acid groups (broad SMARTS) is 1. The van der Waals surface area contributed by atoms with Crippen molar-refractivity contribution in [3.63, 3.8) is 0 Å². The zero-order valence-corrected chi connectivity index (χ0v) is 11.6. The maximum Gasteiger partial charge on any atom is 0.303 e. The summed E-state index contributed by atoms with van der Waals surface area (Å²) >= 11 is 1.50. The molecule has 1 heterocycles. The van der Waals surface area contributed by atoms with E-state index in [1.54, 1.807) is 0 Å². The number of hydrogen-bond acceptors (Lipinski definition) is 3. The smallest absolute Gasteiger partial charge is 0.303 e. The van der Waals surface area contributed by atoms with Crippen LogP contribution in [0.5, 0.6) is 0 Å². The monoisotopic (exact) mass is 283 g/mol. The van der Waals surface area contributed by atoms with Gasteiger partial charge in [0.05, 0.1) is 10.4 Å². The minimum absolute atomic E-state index is 0.166. The summed E-state index contributed by atoms with van der Waals surface area (Å²) in [6.07, 6.45) is 0.729. The van der Waals surface area contributed by atoms with Crippen molar-refractivity contribution < 1.29 is 9.90 Å². The lowest BCUT2D eigenvalue weighted by Gasteiger charge is -2.02. The zero-order valence-electron chi connectivity index (χ0n) is 10.7. The standard InChI is InChI=1S/C16H13NO2S/c18-15(19)10-7-11-5-8-12(9-6-11)16-13-3-1-2-4-14(13)20-17-16/h1-6,8-9H,7,10H2,(H,18,19). The molecule has 0 bridgehead atoms. The highest BCUT2D eigenvalue weighted by Crippen LogP contribution is 2.30. The molecule has 3 nitrogen and oxygen atoms in total. The number of fused-ring (bicyclic) bond motifs is 1. The lowest BCUT2D eigenvalue weighted by molar-refractivity contribution is -0.136. The zero-order chi connectivity index (χ0) is 13.9. The molecule has 1 aromatic heterocycles. The van der Waals surface area contributed by atoms with Gasteiger partial charge < -0.3 is 5.11 Å². The lowest BCUT2D eigenvalue weighted by Crippen LogP contribution is -1.97. The molecule has 0 aliphatic carbocycles. The summed E-state index contributed by atoms with van der Waals surface area (Å²) in [4.78, 5) is 10.6. The molecule has 0 saturated carbocycles. The second-order valence-electron chi connectivity index (χ2n) is 4.62. The SMILES string of the molecule is O=C(O)CCc1ccc(-c2nsc3ccccc23)cc1. The first-order valence-electron chi connectivity index (χ1n) is 6.39. The van der Waals surface area contributed by atoms with Crippen molar-refractivity contribution in [2.45, 2.75) is 12.8 Å². The van der Waals surface area contributed by atoms with Gasteiger partial charge >= 0.3 is 5.97 Å². The van der Waals surface area contributed by atoms with Crippen LogP contribution in [0.4, 0.5) is 0 Å². The molecule has 3 rings (SSSR count). The summed E-state index contributed by atoms with van der Waals surface area (Å²) < 4.78 is 5.70. The molecule has 20 heavy (non-hydrogen) atoms. The minimum atomic E-state index is -0.764. The number of aryl methyl sites for hydroxylation is 1. The molecule has 0 aliphatic rings. The first-order valence-corrected chi connectivity index (χ1v) is 7.17. The molecule has 0 atom stereocenters. The Labute approximate surface area is 120 Å². The third-order valence-electron chi connectivity index (χ3n) is 3.23. The summed E-state index contributed by atoms with van der Waals surface area (Å²) in [7, 11) is 0. The van der Waals surface area contributed by atoms with E-state index >= 15 is 0 Å². The third-order valence-corrected chi connectivity index (χ3v) is 4.06. The molecule has 0 saturated heterocycles. The van der Waals surface area contributed by atoms with Crippen LogP contribution in [0.3, 0.4) is 0 Å². The number of rotatable bonds is 4. The normalized spacial score (nSPS) is 10.8. The molecule has 2 aromatic carbocycles. The van der Waals surface area contributed by atoms with E-state index in [-0.39, 0.29) is 6.42 Å². The highest BCUT2D eigenvalue weighted by Gasteiger charge is 2.08. The molecule has 0 amide bonds. The second-order valence-corrected chi connectivity index (χ2v) is 5.42. The fraction of sp³-hybridized carbons (Fsp3) is 0.125. The largest absolute Gasteiger partial charge is 0.481 e. The van der Waals surface area contributed by atoms with Gasteiger partial charge in [0.2, 0.25) is 0 Å². The maximum absolute atomic E-state index is 10.6. The fourth-order valence-electron chi connectivity index (χ4n) is 2.17. The van der Waals surface area contributed by atoms with Crippen LogP contribution in [0.15, 0.2) is 48.5 Å². The van der Waals surface area contributed by atoms with Gasteiger partial charge in [-0.15, -0.1) is 0 Å². The van der Waals surface area contributed by atoms with Crippen LogP contribution < -0.4 is 0 Å². The van der Waals surface area contributed by atoms with Crippen LogP contribution in [0.1, 0.15) is 12.0 Å². The molecule has 100 valence electrons. The molecule has 0 radical (unpaired) electrons. The van der Waals surface area contributed by atoms with Gasteiger partial charge in [-0.2, -0.15) is 4.37 Å². The number of aliphatic carboxylic acids is 1. The van der Waals surface area contributed by atoms with Crippen molar-refractivity contribution >= 4 is 27.6 Å². The van der Waals surface area contributed by atoms with E-state index in [2.05, 4.69) is 16.5 Å². The number of hydrogen-bond donors (Lipinski definition) is 1. The van der Waals surface area contributed by atoms with Gasteiger partial charge in [-0.25, -0.2) is 0 Å². The van der Waals surface area contributed by atoms with E-state index in [9.17, 15) is 4.79 Å². The van der Waals surface area contributed by atoms with E-state index in [4.69, 9.17) is 5.11 Å². The summed E-state index contributed by atoms with van der Waals surface area (Å²) in [5.74, 6) is -0.764. The molecule has 4 heteroatoms. The van der Waals surface area contributed by atoms with Crippen molar-refractivity contribution in [3.05, 3.63) is 54.1 Å². The Morgan fingerprint density at radius 2 is 1.85 bits per heavy atom. The molecule has 0 aliphatic heterocycles. The number of nitrogens with zero attached hydrogens (tertiary/aromatic N) is 1. The number of aromatic nitrogens is 1. The topological polar surface area (TPSA) is 50.2 Å². The highest BCUT2D eigenvalue weighted by atomic mass is 32.1. The Morgan fingerprint density at radius 3 is 2.60 bits per heavy atom. The Hall–Kier alpha value is -2.20. The van der Waals surface area contributed by atoms with Crippen molar-refractivity contribution in [1.82, 2.24) is 4.37 Å². The summed E-state index contributed by atoms with van der Waals surface area (Å²) in [5, 5.41) is 9.85. The van der Waals surface area contributed by atoms with Crippen LogP contribution in [0.2, 0.25) is 0 Å². The summed E-state index contributed by atoms with van der Waals surface area (Å²) in [6, 6.07) is 16.2. The second kappa shape index (κ2) is 5.43. The molecule has 3 aromatic rings. The minimum Gasteiger partial charge on any atom is -0.481 e. The van der Waals surface area contributed by atoms with Gasteiger partial charge in [0.1, 0.15) is 0 Å². The van der Waals surface area contributed by atoms with E-state index in [0.29, 0.717) is 6.42 Å². The molecule has 0 spiro atoms. The first kappa shape index (κ1) is 12.8. The van der Waals surface area contributed by atoms with Gasteiger partial charge in [-0.3, -0.25) is 4.79 Å². The van der Waals surface area contributed by atoms with Crippen molar-refractivity contribution in [3.8, 4) is 11.3 Å². The van der Waals surface area contributed by atoms with E-state index in [1.165, 1.54) is 16.2 Å². The molecule has 0 fully saturated rings. The summed E-state index contributed by atoms with van der Waals surface area (Å²) in [5.41, 5.74) is 3.10. The number of carboxylic acids is 1. The molecular formula is C16H13NO2S. The van der Waals surface area contributed by atoms with E-state index < -0.39 is 5.97 Å². The summed E-state index contributed by atoms with van der Waals surface area (Å²) in [6.45, 7) is 0. The Morgan fingerprint density at radius 1 is 1.10 bits per heavy atom. The average molecular weight is 283 g/mol. The van der Waals surface area contributed by atoms with Gasteiger partial charge in [-0.1, -0.05) is 42.5 Å². The van der Waals surface area contributed by atoms with Crippen molar-refractivity contribution in [2.24, 2.45) is 0 Å². The van der Waals surface area contributed by atoms with E-state index in [0.717, 1.165) is 22.2 Å². The number of benzene rings is 2. The quantitative estimate of drug-likeness (QED) is 0.788. The van der Waals surface area contributed by atoms with Crippen LogP contribution in [0.25, 0.3) is 21.3 Å². The van der Waals surface area contributed by atoms with Gasteiger partial charge in [0, 0.05) is 17.4 Å². The Balaban J connectivity index is 1.89. The van der Waals surface area contributed by atoms with Crippen molar-refractivity contribution in [1.29, 1.82) is 0 Å². The first-order chi connectivity index (χ1) is 9.74.